The minimum Gasteiger partial charge on any atom is -0.481 e. The number of rotatable bonds is 5. The van der Waals surface area contributed by atoms with E-state index in [0.717, 1.165) is 10.0 Å². The van der Waals surface area contributed by atoms with E-state index in [1.54, 1.807) is 6.92 Å². The highest BCUT2D eigenvalue weighted by Gasteiger charge is 2.44. The van der Waals surface area contributed by atoms with E-state index in [-0.39, 0.29) is 18.8 Å². The Morgan fingerprint density at radius 3 is 2.67 bits per heavy atom. The summed E-state index contributed by atoms with van der Waals surface area (Å²) in [5.74, 6) is -0.948. The van der Waals surface area contributed by atoms with Gasteiger partial charge in [0.2, 0.25) is 10.0 Å². The number of aryl methyl sites for hydroxylation is 1. The standard InChI is InChI=1S/C14H18BrNO4S/c1-14(13(17)18)7-8-16(10-14)21(19,20)9-6-11-4-2-3-5-12(11)15/h2-5H,6-10H2,1H3,(H,17,18). The highest BCUT2D eigenvalue weighted by Crippen LogP contribution is 2.32. The molecule has 0 radical (unpaired) electrons. The fourth-order valence-electron chi connectivity index (χ4n) is 2.40. The molecule has 1 aromatic rings. The van der Waals surface area contributed by atoms with E-state index in [1.165, 1.54) is 4.31 Å². The predicted molar refractivity (Wildman–Crippen MR) is 83.6 cm³/mol. The molecule has 1 aliphatic heterocycles. The number of carboxylic acids is 1. The summed E-state index contributed by atoms with van der Waals surface area (Å²) in [7, 11) is -3.43. The molecule has 0 amide bonds. The molecule has 1 saturated heterocycles. The molecule has 5 nitrogen and oxygen atoms in total. The van der Waals surface area contributed by atoms with Gasteiger partial charge >= 0.3 is 5.97 Å². The van der Waals surface area contributed by atoms with E-state index in [0.29, 0.717) is 12.8 Å². The maximum Gasteiger partial charge on any atom is 0.310 e. The topological polar surface area (TPSA) is 74.7 Å². The molecule has 0 saturated carbocycles. The first kappa shape index (κ1) is 16.5. The molecule has 1 N–H and O–H groups in total. The summed E-state index contributed by atoms with van der Waals surface area (Å²) in [5, 5.41) is 9.17. The fraction of sp³-hybridized carbons (Fsp3) is 0.500. The van der Waals surface area contributed by atoms with Crippen LogP contribution in [0.3, 0.4) is 0 Å². The molecule has 1 aromatic carbocycles. The molecule has 1 aliphatic rings. The van der Waals surface area contributed by atoms with Crippen molar-refractivity contribution in [1.29, 1.82) is 0 Å². The van der Waals surface area contributed by atoms with Crippen molar-refractivity contribution in [1.82, 2.24) is 4.31 Å². The quantitative estimate of drug-likeness (QED) is 0.854. The van der Waals surface area contributed by atoms with Gasteiger partial charge in [0.1, 0.15) is 0 Å². The van der Waals surface area contributed by atoms with E-state index in [4.69, 9.17) is 0 Å². The minimum absolute atomic E-state index is 0.00862. The first-order valence-electron chi connectivity index (χ1n) is 6.69. The van der Waals surface area contributed by atoms with Gasteiger partial charge < -0.3 is 5.11 Å². The van der Waals surface area contributed by atoms with Crippen molar-refractivity contribution in [2.45, 2.75) is 19.8 Å². The summed E-state index contributed by atoms with van der Waals surface area (Å²) < 4.78 is 26.9. The first-order chi connectivity index (χ1) is 9.74. The Bertz CT molecular complexity index is 646. The second-order valence-electron chi connectivity index (χ2n) is 5.61. The average molecular weight is 376 g/mol. The molecule has 7 heteroatoms. The summed E-state index contributed by atoms with van der Waals surface area (Å²) >= 11 is 3.40. The molecule has 1 atom stereocenters. The molecule has 0 spiro atoms. The van der Waals surface area contributed by atoms with Crippen molar-refractivity contribution in [3.63, 3.8) is 0 Å². The SMILES string of the molecule is CC1(C(=O)O)CCN(S(=O)(=O)CCc2ccccc2Br)C1. The Balaban J connectivity index is 2.04. The van der Waals surface area contributed by atoms with Crippen LogP contribution < -0.4 is 0 Å². The molecular weight excluding hydrogens is 358 g/mol. The number of hydrogen-bond donors (Lipinski definition) is 1. The van der Waals surface area contributed by atoms with Crippen molar-refractivity contribution < 1.29 is 18.3 Å². The van der Waals surface area contributed by atoms with Crippen LogP contribution in [0, 0.1) is 5.41 Å². The lowest BCUT2D eigenvalue weighted by Gasteiger charge is -2.20. The van der Waals surface area contributed by atoms with E-state index in [1.807, 2.05) is 24.3 Å². The van der Waals surface area contributed by atoms with E-state index >= 15 is 0 Å². The van der Waals surface area contributed by atoms with Crippen molar-refractivity contribution in [3.05, 3.63) is 34.3 Å². The average Bonchev–Trinajstić information content (AvgIpc) is 2.83. The lowest BCUT2D eigenvalue weighted by atomic mass is 9.90. The van der Waals surface area contributed by atoms with Gasteiger partial charge in [-0.2, -0.15) is 0 Å². The van der Waals surface area contributed by atoms with Gasteiger partial charge in [-0.3, -0.25) is 4.79 Å². The van der Waals surface area contributed by atoms with Crippen LogP contribution in [0.1, 0.15) is 18.9 Å². The lowest BCUT2D eigenvalue weighted by molar-refractivity contribution is -0.146. The summed E-state index contributed by atoms with van der Waals surface area (Å²) in [6, 6.07) is 7.50. The van der Waals surface area contributed by atoms with Gasteiger partial charge in [-0.25, -0.2) is 12.7 Å². The number of carbonyl (C=O) groups is 1. The van der Waals surface area contributed by atoms with Crippen LogP contribution in [0.5, 0.6) is 0 Å². The van der Waals surface area contributed by atoms with Crippen LogP contribution in [0.4, 0.5) is 0 Å². The second kappa shape index (κ2) is 6.06. The van der Waals surface area contributed by atoms with Crippen molar-refractivity contribution in [2.75, 3.05) is 18.8 Å². The number of nitrogens with zero attached hydrogens (tertiary/aromatic N) is 1. The zero-order valence-electron chi connectivity index (χ0n) is 11.8. The van der Waals surface area contributed by atoms with Gasteiger partial charge in [0.05, 0.1) is 11.2 Å². The van der Waals surface area contributed by atoms with Gasteiger partial charge in [0.15, 0.2) is 0 Å². The molecule has 116 valence electrons. The number of hydrogen-bond acceptors (Lipinski definition) is 3. The molecule has 1 unspecified atom stereocenters. The van der Waals surface area contributed by atoms with E-state index in [9.17, 15) is 18.3 Å². The largest absolute Gasteiger partial charge is 0.481 e. The molecule has 1 heterocycles. The number of sulfonamides is 1. The number of halogens is 1. The molecule has 0 aromatic heterocycles. The monoisotopic (exact) mass is 375 g/mol. The van der Waals surface area contributed by atoms with Crippen LogP contribution in [-0.4, -0.2) is 42.6 Å². The second-order valence-corrected chi connectivity index (χ2v) is 8.55. The van der Waals surface area contributed by atoms with Crippen molar-refractivity contribution >= 4 is 31.9 Å². The Kier molecular flexibility index (Phi) is 4.75. The fourth-order valence-corrected chi connectivity index (χ4v) is 4.47. The van der Waals surface area contributed by atoms with Crippen LogP contribution in [0.25, 0.3) is 0 Å². The summed E-state index contributed by atoms with van der Waals surface area (Å²) in [6.07, 6.45) is 0.765. The molecule has 0 bridgehead atoms. The highest BCUT2D eigenvalue weighted by molar-refractivity contribution is 9.10. The summed E-state index contributed by atoms with van der Waals surface area (Å²) in [4.78, 5) is 11.2. The first-order valence-corrected chi connectivity index (χ1v) is 9.09. The minimum atomic E-state index is -3.43. The van der Waals surface area contributed by atoms with Crippen LogP contribution in [0.2, 0.25) is 0 Å². The maximum absolute atomic E-state index is 12.3. The normalized spacial score (nSPS) is 23.3. The predicted octanol–water partition coefficient (Wildman–Crippen LogP) is 2.12. The van der Waals surface area contributed by atoms with E-state index < -0.39 is 21.4 Å². The third-order valence-electron chi connectivity index (χ3n) is 3.94. The third kappa shape index (κ3) is 3.64. The lowest BCUT2D eigenvalue weighted by Crippen LogP contribution is -2.36. The van der Waals surface area contributed by atoms with Gasteiger partial charge in [-0.1, -0.05) is 34.1 Å². The van der Waals surface area contributed by atoms with Crippen LogP contribution >= 0.6 is 15.9 Å². The van der Waals surface area contributed by atoms with Gasteiger partial charge in [0, 0.05) is 17.6 Å². The highest BCUT2D eigenvalue weighted by atomic mass is 79.9. The Labute approximate surface area is 133 Å². The molecule has 1 fully saturated rings. The number of carboxylic acid groups (broad SMARTS) is 1. The smallest absolute Gasteiger partial charge is 0.310 e. The zero-order valence-corrected chi connectivity index (χ0v) is 14.2. The number of aliphatic carboxylic acids is 1. The molecule has 0 aliphatic carbocycles. The third-order valence-corrected chi connectivity index (χ3v) is 6.53. The van der Waals surface area contributed by atoms with Gasteiger partial charge in [-0.05, 0) is 31.4 Å². The van der Waals surface area contributed by atoms with Gasteiger partial charge in [-0.15, -0.1) is 0 Å². The van der Waals surface area contributed by atoms with Crippen LogP contribution in [-0.2, 0) is 21.2 Å². The Morgan fingerprint density at radius 1 is 1.43 bits per heavy atom. The van der Waals surface area contributed by atoms with Crippen molar-refractivity contribution in [3.8, 4) is 0 Å². The molecule has 21 heavy (non-hydrogen) atoms. The molecule has 2 rings (SSSR count). The Hall–Kier alpha value is -0.920. The summed E-state index contributed by atoms with van der Waals surface area (Å²) in [5.41, 5.74) is -0.0401. The Morgan fingerprint density at radius 2 is 2.10 bits per heavy atom. The zero-order chi connectivity index (χ0) is 15.7. The summed E-state index contributed by atoms with van der Waals surface area (Å²) in [6.45, 7) is 1.93. The van der Waals surface area contributed by atoms with Crippen LogP contribution in [0.15, 0.2) is 28.7 Å². The van der Waals surface area contributed by atoms with E-state index in [2.05, 4.69) is 15.9 Å². The van der Waals surface area contributed by atoms with Crippen molar-refractivity contribution in [2.24, 2.45) is 5.41 Å². The van der Waals surface area contributed by atoms with Gasteiger partial charge in [0.25, 0.3) is 0 Å². The number of benzene rings is 1. The maximum atomic E-state index is 12.3. The molecular formula is C14H18BrNO4S.